The van der Waals surface area contributed by atoms with Crippen molar-refractivity contribution in [1.82, 2.24) is 9.13 Å². The van der Waals surface area contributed by atoms with E-state index in [1.54, 1.807) is 0 Å². The van der Waals surface area contributed by atoms with Crippen molar-refractivity contribution < 1.29 is 4.79 Å². The fraction of sp³-hybridized carbons (Fsp3) is 0.750. The first-order valence-electron chi connectivity index (χ1n) is 10.4. The monoisotopic (exact) mass is 374 g/mol. The van der Waals surface area contributed by atoms with Gasteiger partial charge in [0.15, 0.2) is 0 Å². The summed E-state index contributed by atoms with van der Waals surface area (Å²) in [6, 6.07) is 0. The van der Waals surface area contributed by atoms with Crippen LogP contribution in [0, 0.1) is 29.6 Å². The van der Waals surface area contributed by atoms with E-state index in [1.807, 2.05) is 13.8 Å². The molecule has 0 radical (unpaired) electrons. The summed E-state index contributed by atoms with van der Waals surface area (Å²) in [5, 5.41) is 2.86. The quantitative estimate of drug-likeness (QED) is 0.796. The first kappa shape index (κ1) is 18.3. The summed E-state index contributed by atoms with van der Waals surface area (Å²) in [4.78, 5) is 38.6. The smallest absolute Gasteiger partial charge is 0.332 e. The lowest BCUT2D eigenvalue weighted by Gasteiger charge is -2.31. The van der Waals surface area contributed by atoms with Crippen molar-refractivity contribution in [3.05, 3.63) is 20.8 Å². The maximum Gasteiger partial charge on any atom is 0.332 e. The molecular weight excluding hydrogens is 344 g/mol. The van der Waals surface area contributed by atoms with Crippen molar-refractivity contribution in [3.8, 4) is 0 Å². The van der Waals surface area contributed by atoms with Gasteiger partial charge in [-0.15, -0.1) is 0 Å². The normalized spacial score (nSPS) is 30.8. The summed E-state index contributed by atoms with van der Waals surface area (Å²) in [6.45, 7) is 4.61. The van der Waals surface area contributed by atoms with Crippen molar-refractivity contribution in [2.45, 2.75) is 65.5 Å². The van der Waals surface area contributed by atoms with Crippen LogP contribution in [0.5, 0.6) is 0 Å². The number of amides is 1. The molecule has 1 aromatic heterocycles. The lowest BCUT2D eigenvalue weighted by Crippen LogP contribution is -2.44. The molecule has 7 heteroatoms. The Labute approximate surface area is 158 Å². The number of carbonyl (C=O) groups excluding carboxylic acids is 1. The fourth-order valence-electron chi connectivity index (χ4n) is 6.04. The molecule has 0 saturated heterocycles. The van der Waals surface area contributed by atoms with E-state index in [2.05, 4.69) is 5.32 Å². The van der Waals surface area contributed by atoms with Crippen LogP contribution in [0.1, 0.15) is 52.4 Å². The van der Waals surface area contributed by atoms with E-state index in [0.29, 0.717) is 37.3 Å². The molecule has 5 rings (SSSR count). The van der Waals surface area contributed by atoms with Gasteiger partial charge in [0.2, 0.25) is 5.91 Å². The van der Waals surface area contributed by atoms with E-state index < -0.39 is 11.2 Å². The van der Waals surface area contributed by atoms with Gasteiger partial charge in [-0.05, 0) is 62.2 Å². The molecule has 0 aromatic carbocycles. The summed E-state index contributed by atoms with van der Waals surface area (Å²) in [5.41, 5.74) is 5.38. The number of rotatable bonds is 6. The standard InChI is InChI=1S/C20H30N4O3/c1-3-5-23-17(21)16(19(26)24(6-4-2)20(23)27)22-18(25)15-13-8-11-7-12(10-13)14(15)9-11/h11-15H,3-10,21H2,1-2H3,(H,22,25). The van der Waals surface area contributed by atoms with Crippen LogP contribution in [0.4, 0.5) is 11.5 Å². The molecule has 4 aliphatic carbocycles. The molecule has 7 nitrogen and oxygen atoms in total. The first-order valence-corrected chi connectivity index (χ1v) is 10.4. The predicted molar refractivity (Wildman–Crippen MR) is 105 cm³/mol. The number of nitrogens with one attached hydrogen (secondary N) is 1. The average molecular weight is 374 g/mol. The van der Waals surface area contributed by atoms with Crippen LogP contribution in [0.25, 0.3) is 0 Å². The Morgan fingerprint density at radius 2 is 1.70 bits per heavy atom. The fourth-order valence-corrected chi connectivity index (χ4v) is 6.04. The van der Waals surface area contributed by atoms with Crippen LogP contribution in [0.3, 0.4) is 0 Å². The second kappa shape index (κ2) is 6.84. The molecule has 0 aliphatic heterocycles. The van der Waals surface area contributed by atoms with E-state index in [4.69, 9.17) is 5.73 Å². The number of nitrogen functional groups attached to an aromatic ring is 1. The van der Waals surface area contributed by atoms with Crippen LogP contribution in [0.2, 0.25) is 0 Å². The molecule has 1 amide bonds. The van der Waals surface area contributed by atoms with Crippen LogP contribution in [-0.2, 0) is 17.9 Å². The van der Waals surface area contributed by atoms with Gasteiger partial charge in [0.25, 0.3) is 5.56 Å². The van der Waals surface area contributed by atoms with Gasteiger partial charge in [0.05, 0.1) is 0 Å². The van der Waals surface area contributed by atoms with Crippen LogP contribution in [-0.4, -0.2) is 15.0 Å². The minimum absolute atomic E-state index is 0.0151. The minimum Gasteiger partial charge on any atom is -0.383 e. The molecule has 1 heterocycles. The highest BCUT2D eigenvalue weighted by Gasteiger charge is 2.56. The lowest BCUT2D eigenvalue weighted by atomic mass is 9.75. The molecule has 4 aliphatic rings. The number of anilines is 2. The third-order valence-corrected chi connectivity index (χ3v) is 6.97. The first-order chi connectivity index (χ1) is 13.0. The molecule has 5 unspecified atom stereocenters. The minimum atomic E-state index is -0.479. The average Bonchev–Trinajstić information content (AvgIpc) is 3.06. The van der Waals surface area contributed by atoms with Gasteiger partial charge in [-0.2, -0.15) is 0 Å². The van der Waals surface area contributed by atoms with E-state index in [-0.39, 0.29) is 23.3 Å². The second-order valence-corrected chi connectivity index (χ2v) is 8.66. The summed E-state index contributed by atoms with van der Waals surface area (Å²) < 4.78 is 2.62. The van der Waals surface area contributed by atoms with Gasteiger partial charge in [-0.3, -0.25) is 18.7 Å². The number of aromatic nitrogens is 2. The third-order valence-electron chi connectivity index (χ3n) is 6.97. The number of hydrogen-bond donors (Lipinski definition) is 2. The highest BCUT2D eigenvalue weighted by Crippen LogP contribution is 2.61. The largest absolute Gasteiger partial charge is 0.383 e. The molecule has 0 spiro atoms. The number of nitrogens with zero attached hydrogens (tertiary/aromatic N) is 2. The van der Waals surface area contributed by atoms with Gasteiger partial charge in [0, 0.05) is 19.0 Å². The summed E-state index contributed by atoms with van der Waals surface area (Å²) in [6.07, 6.45) is 6.06. The molecule has 4 fully saturated rings. The summed E-state index contributed by atoms with van der Waals surface area (Å²) in [7, 11) is 0. The van der Waals surface area contributed by atoms with Crippen molar-refractivity contribution in [2.24, 2.45) is 29.6 Å². The van der Waals surface area contributed by atoms with E-state index >= 15 is 0 Å². The maximum absolute atomic E-state index is 13.1. The molecule has 5 atom stereocenters. The molecule has 27 heavy (non-hydrogen) atoms. The Hall–Kier alpha value is -2.05. The number of nitrogens with two attached hydrogens (primary N) is 1. The van der Waals surface area contributed by atoms with Gasteiger partial charge in [-0.25, -0.2) is 4.79 Å². The maximum atomic E-state index is 13.1. The second-order valence-electron chi connectivity index (χ2n) is 8.66. The molecule has 3 N–H and O–H groups in total. The van der Waals surface area contributed by atoms with Crippen molar-refractivity contribution >= 4 is 17.4 Å². The van der Waals surface area contributed by atoms with Crippen molar-refractivity contribution in [1.29, 1.82) is 0 Å². The lowest BCUT2D eigenvalue weighted by molar-refractivity contribution is -0.123. The van der Waals surface area contributed by atoms with Crippen LogP contribution in [0.15, 0.2) is 9.59 Å². The Morgan fingerprint density at radius 1 is 1.04 bits per heavy atom. The van der Waals surface area contributed by atoms with Crippen molar-refractivity contribution in [2.75, 3.05) is 11.1 Å². The van der Waals surface area contributed by atoms with E-state index in [1.165, 1.54) is 15.6 Å². The molecule has 148 valence electrons. The molecular formula is C20H30N4O3. The highest BCUT2D eigenvalue weighted by molar-refractivity contribution is 5.95. The Balaban J connectivity index is 1.68. The van der Waals surface area contributed by atoms with Gasteiger partial charge >= 0.3 is 5.69 Å². The molecule has 4 saturated carbocycles. The third kappa shape index (κ3) is 2.82. The van der Waals surface area contributed by atoms with E-state index in [9.17, 15) is 14.4 Å². The number of carbonyl (C=O) groups is 1. The zero-order valence-electron chi connectivity index (χ0n) is 16.2. The van der Waals surface area contributed by atoms with Crippen molar-refractivity contribution in [3.63, 3.8) is 0 Å². The zero-order chi connectivity index (χ0) is 19.3. The molecule has 4 bridgehead atoms. The highest BCUT2D eigenvalue weighted by atomic mass is 16.2. The van der Waals surface area contributed by atoms with Crippen LogP contribution >= 0.6 is 0 Å². The van der Waals surface area contributed by atoms with Gasteiger partial charge in [0.1, 0.15) is 11.5 Å². The van der Waals surface area contributed by atoms with Gasteiger partial charge in [-0.1, -0.05) is 13.8 Å². The number of hydrogen-bond acceptors (Lipinski definition) is 4. The topological polar surface area (TPSA) is 99.1 Å². The zero-order valence-corrected chi connectivity index (χ0v) is 16.2. The summed E-state index contributed by atoms with van der Waals surface area (Å²) in [5.74, 6) is 2.34. The summed E-state index contributed by atoms with van der Waals surface area (Å²) >= 11 is 0. The Kier molecular flexibility index (Phi) is 4.64. The Morgan fingerprint density at radius 3 is 2.37 bits per heavy atom. The van der Waals surface area contributed by atoms with Crippen LogP contribution < -0.4 is 22.3 Å². The predicted octanol–water partition coefficient (Wildman–Crippen LogP) is 2.03. The van der Waals surface area contributed by atoms with E-state index in [0.717, 1.165) is 31.6 Å². The van der Waals surface area contributed by atoms with Gasteiger partial charge < -0.3 is 11.1 Å². The Bertz CT molecular complexity index is 867. The SMILES string of the molecule is CCCn1c(N)c(NC(=O)C2C3CC4CC(C3)C2C4)c(=O)n(CCC)c1=O. The molecule has 1 aromatic rings.